The highest BCUT2D eigenvalue weighted by atomic mass is 79.9. The number of methoxy groups -OCH3 is 1. The van der Waals surface area contributed by atoms with Gasteiger partial charge in [0.1, 0.15) is 5.75 Å². The van der Waals surface area contributed by atoms with Gasteiger partial charge in [0.15, 0.2) is 6.61 Å². The van der Waals surface area contributed by atoms with Crippen LogP contribution in [0.2, 0.25) is 0 Å². The summed E-state index contributed by atoms with van der Waals surface area (Å²) in [5, 5.41) is 2.65. The van der Waals surface area contributed by atoms with Crippen LogP contribution in [0.25, 0.3) is 0 Å². The molecule has 1 amide bonds. The predicted octanol–water partition coefficient (Wildman–Crippen LogP) is 3.56. The van der Waals surface area contributed by atoms with Crippen molar-refractivity contribution < 1.29 is 19.1 Å². The van der Waals surface area contributed by atoms with E-state index in [1.54, 1.807) is 30.3 Å². The molecule has 0 bridgehead atoms. The van der Waals surface area contributed by atoms with Crippen molar-refractivity contribution in [1.82, 2.24) is 0 Å². The van der Waals surface area contributed by atoms with E-state index in [1.165, 1.54) is 7.11 Å². The number of carbonyl (C=O) groups excluding carboxylic acids is 2. The van der Waals surface area contributed by atoms with Crippen LogP contribution in [0, 0.1) is 6.92 Å². The molecule has 2 rings (SSSR count). The summed E-state index contributed by atoms with van der Waals surface area (Å²) in [6, 6.07) is 12.3. The summed E-state index contributed by atoms with van der Waals surface area (Å²) in [6.07, 6.45) is 0. The molecule has 0 atom stereocenters. The Labute approximate surface area is 142 Å². The second-order valence-corrected chi connectivity index (χ2v) is 5.75. The number of carbonyl (C=O) groups is 2. The smallest absolute Gasteiger partial charge is 0.340 e. The third-order valence-electron chi connectivity index (χ3n) is 3.05. The van der Waals surface area contributed by atoms with Crippen molar-refractivity contribution in [1.29, 1.82) is 0 Å². The van der Waals surface area contributed by atoms with Crippen molar-refractivity contribution in [2.75, 3.05) is 19.0 Å². The first-order chi connectivity index (χ1) is 11.0. The van der Waals surface area contributed by atoms with E-state index in [4.69, 9.17) is 9.47 Å². The van der Waals surface area contributed by atoms with Gasteiger partial charge < -0.3 is 14.8 Å². The molecule has 1 N–H and O–H groups in total. The molecule has 0 unspecified atom stereocenters. The first kappa shape index (κ1) is 17.0. The molecule has 5 nitrogen and oxygen atoms in total. The summed E-state index contributed by atoms with van der Waals surface area (Å²) in [4.78, 5) is 23.8. The van der Waals surface area contributed by atoms with Gasteiger partial charge in [-0.2, -0.15) is 0 Å². The lowest BCUT2D eigenvalue weighted by Gasteiger charge is -2.11. The fraction of sp³-hybridized carbons (Fsp3) is 0.176. The molecule has 0 fully saturated rings. The van der Waals surface area contributed by atoms with Gasteiger partial charge in [0, 0.05) is 4.47 Å². The van der Waals surface area contributed by atoms with E-state index < -0.39 is 5.97 Å². The molecule has 0 saturated carbocycles. The van der Waals surface area contributed by atoms with Crippen LogP contribution in [0.5, 0.6) is 5.75 Å². The summed E-state index contributed by atoms with van der Waals surface area (Å²) in [5.74, 6) is -0.283. The van der Waals surface area contributed by atoms with E-state index in [0.29, 0.717) is 15.9 Å². The van der Waals surface area contributed by atoms with Gasteiger partial charge in [-0.05, 0) is 37.3 Å². The minimum Gasteiger partial charge on any atom is -0.484 e. The second-order valence-electron chi connectivity index (χ2n) is 4.83. The minimum absolute atomic E-state index is 0.153. The SMILES string of the molecule is COC(=O)c1cc(Br)ccc1NC(=O)COc1ccc(C)cc1. The summed E-state index contributed by atoms with van der Waals surface area (Å²) >= 11 is 3.28. The average Bonchev–Trinajstić information content (AvgIpc) is 2.55. The number of amides is 1. The number of anilines is 1. The fourth-order valence-corrected chi connectivity index (χ4v) is 2.24. The molecule has 6 heteroatoms. The number of aryl methyl sites for hydroxylation is 1. The lowest BCUT2D eigenvalue weighted by Crippen LogP contribution is -2.21. The Hall–Kier alpha value is -2.34. The number of hydrogen-bond acceptors (Lipinski definition) is 4. The minimum atomic E-state index is -0.527. The maximum atomic E-state index is 12.0. The van der Waals surface area contributed by atoms with Gasteiger partial charge in [0.25, 0.3) is 5.91 Å². The molecule has 2 aromatic rings. The summed E-state index contributed by atoms with van der Waals surface area (Å²) < 4.78 is 10.8. The normalized spacial score (nSPS) is 10.0. The number of esters is 1. The van der Waals surface area contributed by atoms with Crippen LogP contribution < -0.4 is 10.1 Å². The third-order valence-corrected chi connectivity index (χ3v) is 3.55. The van der Waals surface area contributed by atoms with E-state index in [2.05, 4.69) is 21.2 Å². The van der Waals surface area contributed by atoms with Crippen LogP contribution in [0.3, 0.4) is 0 Å². The zero-order valence-electron chi connectivity index (χ0n) is 12.8. The predicted molar refractivity (Wildman–Crippen MR) is 90.8 cm³/mol. The molecular formula is C17H16BrNO4. The molecular weight excluding hydrogens is 362 g/mol. The molecule has 23 heavy (non-hydrogen) atoms. The molecule has 0 aliphatic rings. The van der Waals surface area contributed by atoms with Crippen LogP contribution in [0.1, 0.15) is 15.9 Å². The van der Waals surface area contributed by atoms with Gasteiger partial charge in [0.05, 0.1) is 18.4 Å². The molecule has 120 valence electrons. The Bertz CT molecular complexity index is 713. The van der Waals surface area contributed by atoms with Crippen molar-refractivity contribution >= 4 is 33.5 Å². The molecule has 2 aromatic carbocycles. The maximum Gasteiger partial charge on any atom is 0.340 e. The standard InChI is InChI=1S/C17H16BrNO4/c1-11-3-6-13(7-4-11)23-10-16(20)19-15-8-5-12(18)9-14(15)17(21)22-2/h3-9H,10H2,1-2H3,(H,19,20). The van der Waals surface area contributed by atoms with Crippen molar-refractivity contribution in [2.45, 2.75) is 6.92 Å². The number of nitrogens with one attached hydrogen (secondary N) is 1. The molecule has 0 heterocycles. The van der Waals surface area contributed by atoms with Crippen LogP contribution in [-0.4, -0.2) is 25.6 Å². The van der Waals surface area contributed by atoms with E-state index in [0.717, 1.165) is 5.56 Å². The lowest BCUT2D eigenvalue weighted by molar-refractivity contribution is -0.118. The zero-order chi connectivity index (χ0) is 16.8. The molecule has 0 aliphatic heterocycles. The van der Waals surface area contributed by atoms with Gasteiger partial charge in [-0.1, -0.05) is 33.6 Å². The second kappa shape index (κ2) is 7.78. The van der Waals surface area contributed by atoms with Gasteiger partial charge in [-0.25, -0.2) is 4.79 Å². The molecule has 0 aromatic heterocycles. The van der Waals surface area contributed by atoms with Gasteiger partial charge >= 0.3 is 5.97 Å². The third kappa shape index (κ3) is 4.82. The molecule has 0 radical (unpaired) electrons. The van der Waals surface area contributed by atoms with E-state index in [1.807, 2.05) is 19.1 Å². The number of rotatable bonds is 5. The fourth-order valence-electron chi connectivity index (χ4n) is 1.87. The van der Waals surface area contributed by atoms with Gasteiger partial charge in [-0.15, -0.1) is 0 Å². The highest BCUT2D eigenvalue weighted by Crippen LogP contribution is 2.22. The topological polar surface area (TPSA) is 64.6 Å². The molecule has 0 spiro atoms. The maximum absolute atomic E-state index is 12.0. The Kier molecular flexibility index (Phi) is 5.76. The monoisotopic (exact) mass is 377 g/mol. The van der Waals surface area contributed by atoms with Crippen molar-refractivity contribution in [2.24, 2.45) is 0 Å². The van der Waals surface area contributed by atoms with Crippen LogP contribution >= 0.6 is 15.9 Å². The van der Waals surface area contributed by atoms with Gasteiger partial charge in [-0.3, -0.25) is 4.79 Å². The van der Waals surface area contributed by atoms with E-state index >= 15 is 0 Å². The first-order valence-corrected chi connectivity index (χ1v) is 7.66. The highest BCUT2D eigenvalue weighted by molar-refractivity contribution is 9.10. The number of ether oxygens (including phenoxy) is 2. The van der Waals surface area contributed by atoms with Crippen molar-refractivity contribution in [3.8, 4) is 5.75 Å². The highest BCUT2D eigenvalue weighted by Gasteiger charge is 2.14. The van der Waals surface area contributed by atoms with Crippen molar-refractivity contribution in [3.05, 3.63) is 58.1 Å². The number of benzene rings is 2. The molecule has 0 aliphatic carbocycles. The zero-order valence-corrected chi connectivity index (χ0v) is 14.3. The van der Waals surface area contributed by atoms with Crippen LogP contribution in [-0.2, 0) is 9.53 Å². The number of hydrogen-bond donors (Lipinski definition) is 1. The van der Waals surface area contributed by atoms with E-state index in [9.17, 15) is 9.59 Å². The average molecular weight is 378 g/mol. The summed E-state index contributed by atoms with van der Waals surface area (Å²) in [6.45, 7) is 1.82. The van der Waals surface area contributed by atoms with Crippen LogP contribution in [0.15, 0.2) is 46.9 Å². The van der Waals surface area contributed by atoms with Gasteiger partial charge in [0.2, 0.25) is 0 Å². The Morgan fingerprint density at radius 2 is 1.83 bits per heavy atom. The largest absolute Gasteiger partial charge is 0.484 e. The summed E-state index contributed by atoms with van der Waals surface area (Å²) in [5.41, 5.74) is 1.75. The Morgan fingerprint density at radius 3 is 2.48 bits per heavy atom. The summed E-state index contributed by atoms with van der Waals surface area (Å²) in [7, 11) is 1.29. The van der Waals surface area contributed by atoms with Crippen molar-refractivity contribution in [3.63, 3.8) is 0 Å². The number of halogens is 1. The van der Waals surface area contributed by atoms with Crippen LogP contribution in [0.4, 0.5) is 5.69 Å². The Morgan fingerprint density at radius 1 is 1.13 bits per heavy atom. The first-order valence-electron chi connectivity index (χ1n) is 6.87. The lowest BCUT2D eigenvalue weighted by atomic mass is 10.2. The Balaban J connectivity index is 2.02. The molecule has 0 saturated heterocycles. The van der Waals surface area contributed by atoms with E-state index in [-0.39, 0.29) is 18.1 Å². The quantitative estimate of drug-likeness (QED) is 0.809.